The van der Waals surface area contributed by atoms with E-state index in [2.05, 4.69) is 0 Å². The molecule has 0 radical (unpaired) electrons. The predicted molar refractivity (Wildman–Crippen MR) is 72.9 cm³/mol. The lowest BCUT2D eigenvalue weighted by molar-refractivity contribution is 0.577. The van der Waals surface area contributed by atoms with Gasteiger partial charge in [0.25, 0.3) is 0 Å². The van der Waals surface area contributed by atoms with Crippen molar-refractivity contribution >= 4 is 0 Å². The summed E-state index contributed by atoms with van der Waals surface area (Å²) in [6.45, 7) is 3.79. The minimum atomic E-state index is -0.472. The summed E-state index contributed by atoms with van der Waals surface area (Å²) in [7, 11) is 0. The van der Waals surface area contributed by atoms with Crippen molar-refractivity contribution in [2.24, 2.45) is 5.73 Å². The van der Waals surface area contributed by atoms with Gasteiger partial charge in [0.05, 0.1) is 0 Å². The van der Waals surface area contributed by atoms with Gasteiger partial charge >= 0.3 is 0 Å². The third-order valence-corrected chi connectivity index (χ3v) is 3.30. The van der Waals surface area contributed by atoms with Gasteiger partial charge in [0.1, 0.15) is 11.6 Å². The molecule has 2 aromatic carbocycles. The lowest BCUT2D eigenvalue weighted by Crippen LogP contribution is -2.16. The summed E-state index contributed by atoms with van der Waals surface area (Å²) in [5, 5.41) is 0. The van der Waals surface area contributed by atoms with Crippen LogP contribution < -0.4 is 5.73 Å². The maximum absolute atomic E-state index is 13.7. The fourth-order valence-corrected chi connectivity index (χ4v) is 2.15. The molecule has 1 unspecified atom stereocenters. The molecule has 1 atom stereocenters. The number of hydrogen-bond acceptors (Lipinski definition) is 1. The first-order valence-corrected chi connectivity index (χ1v) is 6.24. The molecule has 0 bridgehead atoms. The van der Waals surface area contributed by atoms with Crippen molar-refractivity contribution in [2.75, 3.05) is 0 Å². The third kappa shape index (κ3) is 3.18. The summed E-state index contributed by atoms with van der Waals surface area (Å²) < 4.78 is 27.0. The standard InChI is InChI=1S/C16H17F2N/c1-10-3-6-15(18)14(7-10)16(19)9-12-8-13(17)5-4-11(12)2/h3-8,16H,9,19H2,1-2H3. The molecule has 100 valence electrons. The first-order chi connectivity index (χ1) is 8.97. The minimum Gasteiger partial charge on any atom is -0.324 e. The number of rotatable bonds is 3. The van der Waals surface area contributed by atoms with Gasteiger partial charge in [-0.3, -0.25) is 0 Å². The van der Waals surface area contributed by atoms with E-state index in [1.54, 1.807) is 18.2 Å². The lowest BCUT2D eigenvalue weighted by Gasteiger charge is -2.15. The van der Waals surface area contributed by atoms with Crippen molar-refractivity contribution in [3.05, 3.63) is 70.3 Å². The molecule has 19 heavy (non-hydrogen) atoms. The summed E-state index contributed by atoms with van der Waals surface area (Å²) >= 11 is 0. The van der Waals surface area contributed by atoms with Gasteiger partial charge in [0, 0.05) is 11.6 Å². The monoisotopic (exact) mass is 261 g/mol. The van der Waals surface area contributed by atoms with E-state index in [1.807, 2.05) is 13.8 Å². The molecule has 0 saturated heterocycles. The van der Waals surface area contributed by atoms with E-state index >= 15 is 0 Å². The molecule has 0 aromatic heterocycles. The van der Waals surface area contributed by atoms with Crippen LogP contribution in [0.25, 0.3) is 0 Å². The van der Waals surface area contributed by atoms with E-state index in [0.29, 0.717) is 12.0 Å². The Hall–Kier alpha value is -1.74. The molecule has 0 fully saturated rings. The van der Waals surface area contributed by atoms with Crippen LogP contribution in [0.5, 0.6) is 0 Å². The summed E-state index contributed by atoms with van der Waals surface area (Å²) in [6.07, 6.45) is 0.421. The summed E-state index contributed by atoms with van der Waals surface area (Å²) in [6, 6.07) is 8.99. The molecule has 0 saturated carbocycles. The Morgan fingerprint density at radius 1 is 1.05 bits per heavy atom. The van der Waals surface area contributed by atoms with Gasteiger partial charge in [-0.15, -0.1) is 0 Å². The maximum atomic E-state index is 13.7. The van der Waals surface area contributed by atoms with Gasteiger partial charge in [-0.25, -0.2) is 8.78 Å². The molecular formula is C16H17F2N. The molecule has 3 heteroatoms. The van der Waals surface area contributed by atoms with Gasteiger partial charge in [0.15, 0.2) is 0 Å². The zero-order chi connectivity index (χ0) is 14.0. The van der Waals surface area contributed by atoms with Crippen molar-refractivity contribution in [2.45, 2.75) is 26.3 Å². The van der Waals surface area contributed by atoms with Gasteiger partial charge in [-0.1, -0.05) is 23.8 Å². The SMILES string of the molecule is Cc1ccc(F)c(C(N)Cc2cc(F)ccc2C)c1. The maximum Gasteiger partial charge on any atom is 0.128 e. The van der Waals surface area contributed by atoms with Crippen LogP contribution >= 0.6 is 0 Å². The highest BCUT2D eigenvalue weighted by molar-refractivity contribution is 5.31. The average Bonchev–Trinajstić information content (AvgIpc) is 2.36. The Morgan fingerprint density at radius 3 is 2.53 bits per heavy atom. The van der Waals surface area contributed by atoms with Crippen molar-refractivity contribution in [3.63, 3.8) is 0 Å². The van der Waals surface area contributed by atoms with Gasteiger partial charge < -0.3 is 5.73 Å². The molecule has 0 aliphatic rings. The van der Waals surface area contributed by atoms with Crippen LogP contribution in [-0.4, -0.2) is 0 Å². The van der Waals surface area contributed by atoms with Gasteiger partial charge in [0.2, 0.25) is 0 Å². The fourth-order valence-electron chi connectivity index (χ4n) is 2.15. The highest BCUT2D eigenvalue weighted by Gasteiger charge is 2.13. The Labute approximate surface area is 112 Å². The van der Waals surface area contributed by atoms with Gasteiger partial charge in [-0.05, 0) is 49.6 Å². The summed E-state index contributed by atoms with van der Waals surface area (Å²) in [4.78, 5) is 0. The largest absolute Gasteiger partial charge is 0.324 e. The van der Waals surface area contributed by atoms with Crippen molar-refractivity contribution in [1.82, 2.24) is 0 Å². The number of nitrogens with two attached hydrogens (primary N) is 1. The molecule has 0 amide bonds. The van der Waals surface area contributed by atoms with Crippen molar-refractivity contribution < 1.29 is 8.78 Å². The molecular weight excluding hydrogens is 244 g/mol. The van der Waals surface area contributed by atoms with Crippen LogP contribution in [0, 0.1) is 25.5 Å². The number of halogens is 2. The quantitative estimate of drug-likeness (QED) is 0.893. The fraction of sp³-hybridized carbons (Fsp3) is 0.250. The zero-order valence-corrected chi connectivity index (χ0v) is 11.1. The highest BCUT2D eigenvalue weighted by Crippen LogP contribution is 2.22. The Bertz CT molecular complexity index is 593. The van der Waals surface area contributed by atoms with Gasteiger partial charge in [-0.2, -0.15) is 0 Å². The summed E-state index contributed by atoms with van der Waals surface area (Å²) in [5.74, 6) is -0.607. The Morgan fingerprint density at radius 2 is 1.79 bits per heavy atom. The average molecular weight is 261 g/mol. The topological polar surface area (TPSA) is 26.0 Å². The van der Waals surface area contributed by atoms with Crippen LogP contribution in [0.15, 0.2) is 36.4 Å². The molecule has 0 aliphatic heterocycles. The van der Waals surface area contributed by atoms with E-state index in [4.69, 9.17) is 5.73 Å². The zero-order valence-electron chi connectivity index (χ0n) is 11.1. The number of aryl methyl sites for hydroxylation is 2. The molecule has 0 spiro atoms. The van der Waals surface area contributed by atoms with E-state index in [-0.39, 0.29) is 11.6 Å². The van der Waals surface area contributed by atoms with E-state index in [9.17, 15) is 8.78 Å². The van der Waals surface area contributed by atoms with Crippen molar-refractivity contribution in [3.8, 4) is 0 Å². The molecule has 2 rings (SSSR count). The van der Waals surface area contributed by atoms with E-state index in [0.717, 1.165) is 16.7 Å². The first-order valence-electron chi connectivity index (χ1n) is 6.24. The molecule has 1 nitrogen and oxygen atoms in total. The minimum absolute atomic E-state index is 0.294. The molecule has 0 aliphatic carbocycles. The normalized spacial score (nSPS) is 12.5. The van der Waals surface area contributed by atoms with Crippen LogP contribution in [-0.2, 0) is 6.42 Å². The second-order valence-electron chi connectivity index (χ2n) is 4.91. The van der Waals surface area contributed by atoms with Crippen molar-refractivity contribution in [1.29, 1.82) is 0 Å². The van der Waals surface area contributed by atoms with Crippen LogP contribution in [0.1, 0.15) is 28.3 Å². The molecule has 2 N–H and O–H groups in total. The lowest BCUT2D eigenvalue weighted by atomic mass is 9.95. The van der Waals surface area contributed by atoms with E-state index < -0.39 is 6.04 Å². The van der Waals surface area contributed by atoms with Crippen LogP contribution in [0.3, 0.4) is 0 Å². The second kappa shape index (κ2) is 5.49. The van der Waals surface area contributed by atoms with Crippen LogP contribution in [0.2, 0.25) is 0 Å². The Balaban J connectivity index is 2.27. The smallest absolute Gasteiger partial charge is 0.128 e. The predicted octanol–water partition coefficient (Wildman–Crippen LogP) is 3.82. The number of hydrogen-bond donors (Lipinski definition) is 1. The highest BCUT2D eigenvalue weighted by atomic mass is 19.1. The molecule has 2 aromatic rings. The third-order valence-electron chi connectivity index (χ3n) is 3.30. The number of benzene rings is 2. The van der Waals surface area contributed by atoms with E-state index in [1.165, 1.54) is 18.2 Å². The summed E-state index contributed by atoms with van der Waals surface area (Å²) in [5.41, 5.74) is 9.27. The first kappa shape index (κ1) is 13.7. The molecule has 0 heterocycles. The van der Waals surface area contributed by atoms with Crippen LogP contribution in [0.4, 0.5) is 8.78 Å². The Kier molecular flexibility index (Phi) is 3.96. The second-order valence-corrected chi connectivity index (χ2v) is 4.91.